The van der Waals surface area contributed by atoms with E-state index >= 15 is 0 Å². The molecule has 3 heterocycles. The van der Waals surface area contributed by atoms with Gasteiger partial charge in [0.2, 0.25) is 0 Å². The molecule has 0 fully saturated rings. The number of nitrogens with zero attached hydrogens (tertiary/aromatic N) is 3. The smallest absolute Gasteiger partial charge is 0.283 e. The van der Waals surface area contributed by atoms with Crippen molar-refractivity contribution in [2.75, 3.05) is 5.32 Å². The average molecular weight is 392 g/mol. The average Bonchev–Trinajstić information content (AvgIpc) is 2.61. The number of rotatable bonds is 3. The Bertz CT molecular complexity index is 905. The molecule has 1 unspecified atom stereocenters. The predicted octanol–water partition coefficient (Wildman–Crippen LogP) is 3.11. The summed E-state index contributed by atoms with van der Waals surface area (Å²) in [5, 5.41) is 3.02. The van der Waals surface area contributed by atoms with Gasteiger partial charge in [-0.15, -0.1) is 0 Å². The third kappa shape index (κ3) is 3.71. The Morgan fingerprint density at radius 3 is 2.74 bits per heavy atom. The van der Waals surface area contributed by atoms with Crippen LogP contribution in [-0.2, 0) is 10.3 Å². The molecule has 2 aromatic rings. The Hall–Kier alpha value is -2.74. The number of anilines is 1. The highest BCUT2D eigenvalue weighted by Crippen LogP contribution is 2.39. The Morgan fingerprint density at radius 2 is 2.07 bits per heavy atom. The summed E-state index contributed by atoms with van der Waals surface area (Å²) in [4.78, 5) is 24.9. The zero-order chi connectivity index (χ0) is 19.8. The number of aromatic nitrogens is 2. The van der Waals surface area contributed by atoms with Crippen molar-refractivity contribution in [3.05, 3.63) is 52.7 Å². The second-order valence-corrected chi connectivity index (χ2v) is 6.99. The van der Waals surface area contributed by atoms with Crippen molar-refractivity contribution in [1.29, 1.82) is 0 Å². The molecule has 0 bridgehead atoms. The van der Waals surface area contributed by atoms with E-state index in [-0.39, 0.29) is 35.2 Å². The van der Waals surface area contributed by atoms with Crippen LogP contribution in [0.5, 0.6) is 0 Å². The van der Waals surface area contributed by atoms with Crippen molar-refractivity contribution >= 4 is 29.3 Å². The molecule has 1 amide bonds. The molecular weight excluding hydrogens is 373 g/mol. The van der Waals surface area contributed by atoms with Crippen molar-refractivity contribution < 1.29 is 13.9 Å². The van der Waals surface area contributed by atoms with Gasteiger partial charge >= 0.3 is 0 Å². The molecule has 3 N–H and O–H groups in total. The summed E-state index contributed by atoms with van der Waals surface area (Å²) in [5.41, 5.74) is 4.95. The lowest BCUT2D eigenvalue weighted by Crippen LogP contribution is -2.46. The van der Waals surface area contributed by atoms with E-state index in [1.807, 2.05) is 13.8 Å². The van der Waals surface area contributed by atoms with Crippen molar-refractivity contribution in [2.45, 2.75) is 32.4 Å². The van der Waals surface area contributed by atoms with Gasteiger partial charge in [0.1, 0.15) is 34.7 Å². The highest BCUT2D eigenvalue weighted by molar-refractivity contribution is 6.30. The van der Waals surface area contributed by atoms with E-state index in [0.717, 1.165) is 0 Å². The third-order valence-electron chi connectivity index (χ3n) is 4.77. The van der Waals surface area contributed by atoms with Crippen LogP contribution in [-0.4, -0.2) is 28.0 Å². The molecular formula is C18H19ClFN5O2. The van der Waals surface area contributed by atoms with E-state index < -0.39 is 17.3 Å². The van der Waals surface area contributed by atoms with E-state index in [9.17, 15) is 9.18 Å². The Labute approximate surface area is 160 Å². The molecule has 1 aliphatic rings. The van der Waals surface area contributed by atoms with E-state index in [4.69, 9.17) is 22.1 Å². The molecule has 0 saturated heterocycles. The second kappa shape index (κ2) is 7.11. The number of aliphatic imine (C=N–C) groups is 1. The molecule has 0 aliphatic carbocycles. The first-order valence-electron chi connectivity index (χ1n) is 8.32. The molecule has 1 aliphatic heterocycles. The monoisotopic (exact) mass is 391 g/mol. The van der Waals surface area contributed by atoms with Crippen molar-refractivity contribution in [2.24, 2.45) is 16.6 Å². The molecule has 0 aromatic carbocycles. The van der Waals surface area contributed by atoms with Gasteiger partial charge < -0.3 is 15.8 Å². The molecule has 2 aromatic heterocycles. The number of carbonyl (C=O) groups excluding carboxylic acids is 1. The Kier molecular flexibility index (Phi) is 5.01. The summed E-state index contributed by atoms with van der Waals surface area (Å²) in [7, 11) is 0. The third-order valence-corrected chi connectivity index (χ3v) is 4.99. The largest absolute Gasteiger partial charge is 0.462 e. The van der Waals surface area contributed by atoms with Gasteiger partial charge in [-0.3, -0.25) is 4.79 Å². The molecule has 3 atom stereocenters. The maximum Gasteiger partial charge on any atom is 0.283 e. The topological polar surface area (TPSA) is 102 Å². The molecule has 9 heteroatoms. The van der Waals surface area contributed by atoms with Crippen LogP contribution in [0.25, 0.3) is 0 Å². The maximum absolute atomic E-state index is 14.6. The van der Waals surface area contributed by atoms with Crippen LogP contribution in [0, 0.1) is 11.7 Å². The highest BCUT2D eigenvalue weighted by atomic mass is 35.5. The number of hydrogen-bond acceptors (Lipinski definition) is 6. The summed E-state index contributed by atoms with van der Waals surface area (Å²) < 4.78 is 20.0. The lowest BCUT2D eigenvalue weighted by Gasteiger charge is -2.39. The minimum atomic E-state index is -1.04. The summed E-state index contributed by atoms with van der Waals surface area (Å²) in [5.74, 6) is -1.05. The van der Waals surface area contributed by atoms with Gasteiger partial charge in [-0.25, -0.2) is 19.4 Å². The maximum atomic E-state index is 14.6. The number of ether oxygens (including phenoxy) is 1. The van der Waals surface area contributed by atoms with Gasteiger partial charge in [-0.1, -0.05) is 18.5 Å². The van der Waals surface area contributed by atoms with Crippen LogP contribution < -0.4 is 11.1 Å². The lowest BCUT2D eigenvalue weighted by atomic mass is 9.80. The molecule has 27 heavy (non-hydrogen) atoms. The second-order valence-electron chi connectivity index (χ2n) is 6.55. The van der Waals surface area contributed by atoms with Crippen molar-refractivity contribution in [1.82, 2.24) is 9.97 Å². The van der Waals surface area contributed by atoms with E-state index in [1.165, 1.54) is 24.4 Å². The first-order chi connectivity index (χ1) is 12.7. The van der Waals surface area contributed by atoms with Crippen molar-refractivity contribution in [3.63, 3.8) is 0 Å². The quantitative estimate of drug-likeness (QED) is 0.836. The van der Waals surface area contributed by atoms with Crippen LogP contribution in [0.3, 0.4) is 0 Å². The van der Waals surface area contributed by atoms with Gasteiger partial charge in [0.25, 0.3) is 11.9 Å². The fraction of sp³-hybridized carbons (Fsp3) is 0.333. The van der Waals surface area contributed by atoms with Crippen molar-refractivity contribution in [3.8, 4) is 0 Å². The van der Waals surface area contributed by atoms with Gasteiger partial charge in [-0.2, -0.15) is 0 Å². The molecule has 0 spiro atoms. The number of nitrogens with one attached hydrogen (secondary N) is 1. The minimum absolute atomic E-state index is 0.0240. The molecule has 142 valence electrons. The predicted molar refractivity (Wildman–Crippen MR) is 100 cm³/mol. The minimum Gasteiger partial charge on any atom is -0.462 e. The van der Waals surface area contributed by atoms with Crippen LogP contribution in [0.15, 0.2) is 35.5 Å². The summed E-state index contributed by atoms with van der Waals surface area (Å²) in [6.07, 6.45) is 1.09. The van der Waals surface area contributed by atoms with Gasteiger partial charge in [0.15, 0.2) is 0 Å². The first-order valence-corrected chi connectivity index (χ1v) is 8.70. The molecule has 3 rings (SSSR count). The van der Waals surface area contributed by atoms with Crippen LogP contribution in [0.2, 0.25) is 5.02 Å². The van der Waals surface area contributed by atoms with Gasteiger partial charge in [0, 0.05) is 12.1 Å². The zero-order valence-electron chi connectivity index (χ0n) is 15.0. The van der Waals surface area contributed by atoms with Crippen LogP contribution in [0.4, 0.5) is 10.2 Å². The van der Waals surface area contributed by atoms with Crippen LogP contribution in [0.1, 0.15) is 37.0 Å². The van der Waals surface area contributed by atoms with Gasteiger partial charge in [-0.05, 0) is 38.1 Å². The van der Waals surface area contributed by atoms with E-state index in [1.54, 1.807) is 13.0 Å². The number of nitrogens with two attached hydrogens (primary N) is 1. The number of amidine groups is 1. The fourth-order valence-corrected chi connectivity index (χ4v) is 3.04. The SMILES string of the molecule is CC1OC(N)=N[C@@](C)(c2nc(NC(=O)c3ccc(Cl)cn3)ccc2F)[C@@H]1C. The number of pyridine rings is 2. The Balaban J connectivity index is 1.94. The normalized spacial score (nSPS) is 24.7. The number of amides is 1. The first kappa shape index (κ1) is 19.0. The molecule has 0 saturated carbocycles. The summed E-state index contributed by atoms with van der Waals surface area (Å²) in [6.45, 7) is 5.45. The number of hydrogen-bond donors (Lipinski definition) is 2. The number of carbonyl (C=O) groups is 1. The molecule has 0 radical (unpaired) electrons. The van der Waals surface area contributed by atoms with E-state index in [2.05, 4.69) is 20.3 Å². The number of halogens is 2. The van der Waals surface area contributed by atoms with Gasteiger partial charge in [0.05, 0.1) is 5.02 Å². The molecule has 7 nitrogen and oxygen atoms in total. The van der Waals surface area contributed by atoms with E-state index in [0.29, 0.717) is 5.02 Å². The highest BCUT2D eigenvalue weighted by Gasteiger charge is 2.44. The zero-order valence-corrected chi connectivity index (χ0v) is 15.8. The Morgan fingerprint density at radius 1 is 1.33 bits per heavy atom. The lowest BCUT2D eigenvalue weighted by molar-refractivity contribution is 0.0684. The van der Waals surface area contributed by atoms with Crippen LogP contribution >= 0.6 is 11.6 Å². The fourth-order valence-electron chi connectivity index (χ4n) is 2.93. The summed E-state index contributed by atoms with van der Waals surface area (Å²) >= 11 is 5.77. The summed E-state index contributed by atoms with van der Waals surface area (Å²) in [6, 6.07) is 5.62. The standard InChI is InChI=1S/C18H19ClFN5O2/c1-9-10(2)27-17(21)25-18(9,3)15-12(20)5-7-14(23-15)24-16(26)13-6-4-11(19)8-22-13/h4-10H,1-3H3,(H2,21,25)(H,23,24,26)/t9-,10?,18-/m1/s1.